The van der Waals surface area contributed by atoms with Crippen LogP contribution in [0, 0.1) is 34.5 Å². The summed E-state index contributed by atoms with van der Waals surface area (Å²) in [4.78, 5) is 0. The van der Waals surface area contributed by atoms with Crippen molar-refractivity contribution in [2.45, 2.75) is 78.2 Å². The summed E-state index contributed by atoms with van der Waals surface area (Å²) < 4.78 is 0. The number of hydrogen-bond acceptors (Lipinski definition) is 3. The lowest BCUT2D eigenvalue weighted by molar-refractivity contribution is -0.0425. The van der Waals surface area contributed by atoms with Gasteiger partial charge in [-0.15, -0.1) is 0 Å². The van der Waals surface area contributed by atoms with Gasteiger partial charge in [-0.05, 0) is 86.9 Å². The predicted molar refractivity (Wildman–Crippen MR) is 96.1 cm³/mol. The molecule has 0 saturated heterocycles. The van der Waals surface area contributed by atoms with E-state index in [0.29, 0.717) is 16.7 Å². The van der Waals surface area contributed by atoms with E-state index in [2.05, 4.69) is 25.1 Å². The van der Waals surface area contributed by atoms with Crippen LogP contribution in [0.3, 0.4) is 0 Å². The monoisotopic (exact) mass is 331 g/mol. The molecular weight excluding hydrogens is 298 g/mol. The Morgan fingerprint density at radius 1 is 1.12 bits per heavy atom. The Labute approximate surface area is 146 Å². The van der Waals surface area contributed by atoms with Crippen molar-refractivity contribution in [1.82, 2.24) is 0 Å². The first-order valence-electron chi connectivity index (χ1n) is 9.96. The number of oxime groups is 1. The van der Waals surface area contributed by atoms with E-state index >= 15 is 0 Å². The first-order valence-corrected chi connectivity index (χ1v) is 9.96. The third-order valence-electron chi connectivity index (χ3n) is 8.74. The molecule has 0 aromatic heterocycles. The fourth-order valence-corrected chi connectivity index (χ4v) is 7.40. The molecule has 0 aliphatic heterocycles. The number of aliphatic hydroxyl groups excluding tert-OH is 1. The maximum atomic E-state index is 10.1. The zero-order valence-corrected chi connectivity index (χ0v) is 15.5. The third kappa shape index (κ3) is 2.16. The van der Waals surface area contributed by atoms with Crippen LogP contribution in [-0.4, -0.2) is 22.1 Å². The van der Waals surface area contributed by atoms with Crippen LogP contribution in [0.15, 0.2) is 16.8 Å². The highest BCUT2D eigenvalue weighted by atomic mass is 16.4. The molecule has 4 aliphatic carbocycles. The zero-order valence-electron chi connectivity index (χ0n) is 15.5. The van der Waals surface area contributed by atoms with Crippen molar-refractivity contribution in [1.29, 1.82) is 0 Å². The van der Waals surface area contributed by atoms with E-state index in [4.69, 9.17) is 0 Å². The van der Waals surface area contributed by atoms with Gasteiger partial charge in [-0.3, -0.25) is 0 Å². The van der Waals surface area contributed by atoms with Crippen molar-refractivity contribution in [3.8, 4) is 0 Å². The molecule has 3 nitrogen and oxygen atoms in total. The molecule has 4 rings (SSSR count). The van der Waals surface area contributed by atoms with Crippen LogP contribution < -0.4 is 0 Å². The van der Waals surface area contributed by atoms with Crippen LogP contribution in [0.25, 0.3) is 0 Å². The maximum absolute atomic E-state index is 10.1. The molecule has 3 heteroatoms. The van der Waals surface area contributed by atoms with Gasteiger partial charge in [-0.1, -0.05) is 30.7 Å². The molecule has 0 spiro atoms. The fourth-order valence-electron chi connectivity index (χ4n) is 7.40. The van der Waals surface area contributed by atoms with E-state index in [9.17, 15) is 10.3 Å². The summed E-state index contributed by atoms with van der Waals surface area (Å²) in [6, 6.07) is 0. The first-order chi connectivity index (χ1) is 11.4. The van der Waals surface area contributed by atoms with Gasteiger partial charge in [0, 0.05) is 5.92 Å². The molecule has 134 valence electrons. The second-order valence-electron chi connectivity index (χ2n) is 9.57. The SMILES string of the molecule is C/C(=N\O)C1CC[C@H]2[C@@H]3CC=C4C[C@@H](O)CC[C@]4(C)[C@H]3CC[C@]12C. The van der Waals surface area contributed by atoms with Crippen molar-refractivity contribution in [2.24, 2.45) is 39.7 Å². The highest BCUT2D eigenvalue weighted by Gasteiger charge is 2.59. The lowest BCUT2D eigenvalue weighted by Crippen LogP contribution is -2.50. The Kier molecular flexibility index (Phi) is 3.87. The van der Waals surface area contributed by atoms with Crippen LogP contribution in [0.4, 0.5) is 0 Å². The van der Waals surface area contributed by atoms with Gasteiger partial charge < -0.3 is 10.3 Å². The third-order valence-corrected chi connectivity index (χ3v) is 8.74. The summed E-state index contributed by atoms with van der Waals surface area (Å²) in [5.41, 5.74) is 3.13. The van der Waals surface area contributed by atoms with Gasteiger partial charge in [-0.2, -0.15) is 0 Å². The summed E-state index contributed by atoms with van der Waals surface area (Å²) in [6.07, 6.45) is 11.7. The van der Waals surface area contributed by atoms with Crippen LogP contribution in [0.1, 0.15) is 72.1 Å². The average Bonchev–Trinajstić information content (AvgIpc) is 2.92. The molecule has 24 heavy (non-hydrogen) atoms. The molecule has 1 unspecified atom stereocenters. The molecule has 0 amide bonds. The number of aliphatic hydroxyl groups is 1. The Bertz CT molecular complexity index is 582. The lowest BCUT2D eigenvalue weighted by atomic mass is 9.47. The van der Waals surface area contributed by atoms with Crippen molar-refractivity contribution in [2.75, 3.05) is 0 Å². The standard InChI is InChI=1S/C21H33NO2/c1-13(22-24)17-6-7-18-16-5-4-14-12-15(23)8-10-20(14,2)19(16)9-11-21(17,18)3/h4,15-19,23-24H,5-12H2,1-3H3/b22-13+/t15-,16-,17?,18-,19-,20-,21+/m0/s1. The Morgan fingerprint density at radius 2 is 1.92 bits per heavy atom. The summed E-state index contributed by atoms with van der Waals surface area (Å²) in [5.74, 6) is 2.79. The van der Waals surface area contributed by atoms with Gasteiger partial charge in [0.15, 0.2) is 0 Å². The second-order valence-corrected chi connectivity index (χ2v) is 9.57. The average molecular weight is 332 g/mol. The van der Waals surface area contributed by atoms with E-state index in [-0.39, 0.29) is 6.10 Å². The minimum atomic E-state index is -0.117. The van der Waals surface area contributed by atoms with E-state index in [1.807, 2.05) is 6.92 Å². The second kappa shape index (κ2) is 5.59. The molecule has 3 saturated carbocycles. The predicted octanol–water partition coefficient (Wildman–Crippen LogP) is 4.78. The van der Waals surface area contributed by atoms with Crippen molar-refractivity contribution >= 4 is 5.71 Å². The molecule has 2 N–H and O–H groups in total. The Balaban J connectivity index is 1.65. The normalized spacial score (nSPS) is 51.4. The number of fused-ring (bicyclic) bond motifs is 5. The summed E-state index contributed by atoms with van der Waals surface area (Å²) in [6.45, 7) is 6.95. The molecule has 3 fully saturated rings. The van der Waals surface area contributed by atoms with E-state index < -0.39 is 0 Å². The molecule has 0 aromatic rings. The van der Waals surface area contributed by atoms with Gasteiger partial charge in [-0.25, -0.2) is 0 Å². The largest absolute Gasteiger partial charge is 0.411 e. The Morgan fingerprint density at radius 3 is 2.67 bits per heavy atom. The first kappa shape index (κ1) is 16.6. The number of hydrogen-bond donors (Lipinski definition) is 2. The van der Waals surface area contributed by atoms with Crippen LogP contribution in [0.2, 0.25) is 0 Å². The minimum absolute atomic E-state index is 0.117. The molecule has 4 aliphatic rings. The molecule has 0 aromatic carbocycles. The van der Waals surface area contributed by atoms with Crippen molar-refractivity contribution in [3.05, 3.63) is 11.6 Å². The molecule has 0 heterocycles. The van der Waals surface area contributed by atoms with Gasteiger partial charge in [0.2, 0.25) is 0 Å². The highest BCUT2D eigenvalue weighted by Crippen LogP contribution is 2.66. The number of rotatable bonds is 1. The van der Waals surface area contributed by atoms with E-state index in [1.165, 1.54) is 32.1 Å². The number of nitrogens with zero attached hydrogens (tertiary/aromatic N) is 1. The summed E-state index contributed by atoms with van der Waals surface area (Å²) in [5, 5.41) is 23.0. The topological polar surface area (TPSA) is 52.8 Å². The lowest BCUT2D eigenvalue weighted by Gasteiger charge is -2.58. The van der Waals surface area contributed by atoms with Crippen LogP contribution >= 0.6 is 0 Å². The van der Waals surface area contributed by atoms with Crippen molar-refractivity contribution < 1.29 is 10.3 Å². The smallest absolute Gasteiger partial charge is 0.0577 e. The number of allylic oxidation sites excluding steroid dienone is 1. The van der Waals surface area contributed by atoms with E-state index in [1.54, 1.807) is 5.57 Å². The molecule has 0 bridgehead atoms. The van der Waals surface area contributed by atoms with Gasteiger partial charge in [0.1, 0.15) is 0 Å². The molecular formula is C21H33NO2. The molecule has 7 atom stereocenters. The highest BCUT2D eigenvalue weighted by molar-refractivity contribution is 5.85. The van der Waals surface area contributed by atoms with Gasteiger partial charge >= 0.3 is 0 Å². The quantitative estimate of drug-likeness (QED) is 0.314. The molecule has 0 radical (unpaired) electrons. The fraction of sp³-hybridized carbons (Fsp3) is 0.857. The van der Waals surface area contributed by atoms with Gasteiger partial charge in [0.25, 0.3) is 0 Å². The van der Waals surface area contributed by atoms with Gasteiger partial charge in [0.05, 0.1) is 11.8 Å². The zero-order chi connectivity index (χ0) is 17.1. The summed E-state index contributed by atoms with van der Waals surface area (Å²) >= 11 is 0. The van der Waals surface area contributed by atoms with Crippen LogP contribution in [-0.2, 0) is 0 Å². The summed E-state index contributed by atoms with van der Waals surface area (Å²) in [7, 11) is 0. The van der Waals surface area contributed by atoms with Crippen LogP contribution in [0.5, 0.6) is 0 Å². The minimum Gasteiger partial charge on any atom is -0.411 e. The van der Waals surface area contributed by atoms with E-state index in [0.717, 1.165) is 42.7 Å². The van der Waals surface area contributed by atoms with Crippen molar-refractivity contribution in [3.63, 3.8) is 0 Å². The maximum Gasteiger partial charge on any atom is 0.0577 e. The Hall–Kier alpha value is -0.830.